The summed E-state index contributed by atoms with van der Waals surface area (Å²) in [5.74, 6) is -1.54. The molecule has 7 nitrogen and oxygen atoms in total. The summed E-state index contributed by atoms with van der Waals surface area (Å²) < 4.78 is 30.8. The quantitative estimate of drug-likeness (QED) is 0.741. The van der Waals surface area contributed by atoms with E-state index in [2.05, 4.69) is 6.92 Å². The van der Waals surface area contributed by atoms with Crippen molar-refractivity contribution in [2.45, 2.75) is 64.1 Å². The van der Waals surface area contributed by atoms with Crippen LogP contribution < -0.4 is 0 Å². The minimum absolute atomic E-state index is 0.0423. The molecule has 2 unspecified atom stereocenters. The number of aliphatic hydroxyl groups is 2. The van der Waals surface area contributed by atoms with Crippen LogP contribution in [0.15, 0.2) is 0 Å². The maximum Gasteiger partial charge on any atom is 0.195 e. The molecule has 27 heavy (non-hydrogen) atoms. The van der Waals surface area contributed by atoms with Crippen molar-refractivity contribution < 1.29 is 33.9 Å². The van der Waals surface area contributed by atoms with Crippen LogP contribution >= 0.6 is 0 Å². The number of rotatable bonds is 5. The second kappa shape index (κ2) is 7.86. The molecule has 2 N–H and O–H groups in total. The van der Waals surface area contributed by atoms with Gasteiger partial charge < -0.3 is 33.9 Å². The average molecular weight is 389 g/mol. The van der Waals surface area contributed by atoms with Crippen LogP contribution in [0.2, 0.25) is 0 Å². The largest absolute Gasteiger partial charge is 0.396 e. The van der Waals surface area contributed by atoms with Gasteiger partial charge in [0.05, 0.1) is 39.6 Å². The van der Waals surface area contributed by atoms with E-state index in [9.17, 15) is 10.2 Å². The van der Waals surface area contributed by atoms with Gasteiger partial charge in [0.15, 0.2) is 11.6 Å². The fraction of sp³-hybridized carbons (Fsp3) is 1.00. The SMILES string of the molecule is CCC1(CO)COC2(CC(OC)C3(CC2C)OCC(CC)(CO)CO3)OC1. The van der Waals surface area contributed by atoms with Crippen LogP contribution in [-0.4, -0.2) is 74.6 Å². The van der Waals surface area contributed by atoms with Crippen molar-refractivity contribution in [3.8, 4) is 0 Å². The van der Waals surface area contributed by atoms with E-state index >= 15 is 0 Å². The lowest BCUT2D eigenvalue weighted by Crippen LogP contribution is -2.67. The Morgan fingerprint density at radius 3 is 1.63 bits per heavy atom. The van der Waals surface area contributed by atoms with Crippen LogP contribution in [0.5, 0.6) is 0 Å². The number of hydrogen-bond acceptors (Lipinski definition) is 7. The standard InChI is InChI=1S/C20H36O7/c1-5-17(9-21)11-24-19(25-12-17)8-16(23-4)20(7-15(19)3)26-13-18(6-2,10-22)14-27-20/h15-16,21-22H,5-14H2,1-4H3. The third kappa shape index (κ3) is 3.56. The predicted octanol–water partition coefficient (Wildman–Crippen LogP) is 1.69. The van der Waals surface area contributed by atoms with E-state index in [-0.39, 0.29) is 36.1 Å². The minimum Gasteiger partial charge on any atom is -0.396 e. The number of aliphatic hydroxyl groups excluding tert-OH is 2. The van der Waals surface area contributed by atoms with Gasteiger partial charge in [0.25, 0.3) is 0 Å². The summed E-state index contributed by atoms with van der Waals surface area (Å²) in [5, 5.41) is 19.5. The predicted molar refractivity (Wildman–Crippen MR) is 98.1 cm³/mol. The van der Waals surface area contributed by atoms with E-state index in [1.165, 1.54) is 0 Å². The lowest BCUT2D eigenvalue weighted by Gasteiger charge is -2.57. The van der Waals surface area contributed by atoms with E-state index in [1.807, 2.05) is 13.8 Å². The van der Waals surface area contributed by atoms with Gasteiger partial charge in [0, 0.05) is 36.7 Å². The Bertz CT molecular complexity index is 481. The Kier molecular flexibility index (Phi) is 6.24. The van der Waals surface area contributed by atoms with Crippen molar-refractivity contribution in [2.24, 2.45) is 16.7 Å². The smallest absolute Gasteiger partial charge is 0.195 e. The van der Waals surface area contributed by atoms with Crippen LogP contribution in [0.3, 0.4) is 0 Å². The van der Waals surface area contributed by atoms with Gasteiger partial charge in [-0.15, -0.1) is 0 Å². The van der Waals surface area contributed by atoms with E-state index in [1.54, 1.807) is 7.11 Å². The van der Waals surface area contributed by atoms with Crippen LogP contribution in [0.4, 0.5) is 0 Å². The topological polar surface area (TPSA) is 86.6 Å². The van der Waals surface area contributed by atoms with E-state index < -0.39 is 11.6 Å². The zero-order valence-corrected chi connectivity index (χ0v) is 17.2. The van der Waals surface area contributed by atoms with Crippen molar-refractivity contribution in [3.05, 3.63) is 0 Å². The zero-order chi connectivity index (χ0) is 19.8. The molecule has 0 aromatic carbocycles. The molecular weight excluding hydrogens is 352 g/mol. The van der Waals surface area contributed by atoms with Crippen LogP contribution in [0.25, 0.3) is 0 Å². The van der Waals surface area contributed by atoms with Crippen molar-refractivity contribution in [3.63, 3.8) is 0 Å². The molecule has 158 valence electrons. The lowest BCUT2D eigenvalue weighted by atomic mass is 9.75. The van der Waals surface area contributed by atoms with Gasteiger partial charge >= 0.3 is 0 Å². The Hall–Kier alpha value is -0.280. The lowest BCUT2D eigenvalue weighted by molar-refractivity contribution is -0.412. The normalized spacial score (nSPS) is 48.2. The number of methoxy groups -OCH3 is 1. The van der Waals surface area contributed by atoms with E-state index in [0.29, 0.717) is 39.3 Å². The summed E-state index contributed by atoms with van der Waals surface area (Å²) in [6, 6.07) is 0. The van der Waals surface area contributed by atoms with Gasteiger partial charge in [-0.2, -0.15) is 0 Å². The van der Waals surface area contributed by atoms with Crippen LogP contribution in [0.1, 0.15) is 46.5 Å². The second-order valence-electron chi connectivity index (χ2n) is 8.84. The molecule has 0 amide bonds. The molecule has 2 aliphatic heterocycles. The molecule has 0 radical (unpaired) electrons. The minimum atomic E-state index is -0.837. The van der Waals surface area contributed by atoms with Gasteiger partial charge in [-0.3, -0.25) is 0 Å². The summed E-state index contributed by atoms with van der Waals surface area (Å²) in [4.78, 5) is 0. The van der Waals surface area contributed by atoms with Crippen LogP contribution in [-0.2, 0) is 23.7 Å². The molecule has 2 heterocycles. The fourth-order valence-electron chi connectivity index (χ4n) is 4.38. The van der Waals surface area contributed by atoms with Crippen molar-refractivity contribution in [1.29, 1.82) is 0 Å². The molecule has 7 heteroatoms. The van der Waals surface area contributed by atoms with Gasteiger partial charge in [0.1, 0.15) is 6.10 Å². The highest BCUT2D eigenvalue weighted by Crippen LogP contribution is 2.51. The third-order valence-electron chi connectivity index (χ3n) is 7.25. The summed E-state index contributed by atoms with van der Waals surface area (Å²) in [7, 11) is 1.66. The first-order chi connectivity index (χ1) is 12.9. The summed E-state index contributed by atoms with van der Waals surface area (Å²) >= 11 is 0. The van der Waals surface area contributed by atoms with Crippen LogP contribution in [0, 0.1) is 16.7 Å². The fourth-order valence-corrected chi connectivity index (χ4v) is 4.38. The maximum atomic E-state index is 9.75. The zero-order valence-electron chi connectivity index (χ0n) is 17.2. The molecule has 1 saturated carbocycles. The summed E-state index contributed by atoms with van der Waals surface area (Å²) in [5.41, 5.74) is -0.677. The molecule has 0 bridgehead atoms. The molecular formula is C20H36O7. The van der Waals surface area contributed by atoms with E-state index in [0.717, 1.165) is 12.8 Å². The van der Waals surface area contributed by atoms with Gasteiger partial charge in [-0.1, -0.05) is 20.8 Å². The van der Waals surface area contributed by atoms with Crippen molar-refractivity contribution >= 4 is 0 Å². The Morgan fingerprint density at radius 1 is 0.815 bits per heavy atom. The second-order valence-corrected chi connectivity index (χ2v) is 8.84. The van der Waals surface area contributed by atoms with Gasteiger partial charge in [0.2, 0.25) is 0 Å². The number of hydrogen-bond donors (Lipinski definition) is 2. The highest BCUT2D eigenvalue weighted by atomic mass is 16.7. The Morgan fingerprint density at radius 2 is 1.26 bits per heavy atom. The molecule has 2 saturated heterocycles. The summed E-state index contributed by atoms with van der Waals surface area (Å²) in [6.45, 7) is 8.11. The number of ether oxygens (including phenoxy) is 5. The Labute approximate surface area is 162 Å². The highest BCUT2D eigenvalue weighted by molar-refractivity contribution is 5.01. The molecule has 0 aromatic rings. The first-order valence-electron chi connectivity index (χ1n) is 10.2. The van der Waals surface area contributed by atoms with Gasteiger partial charge in [-0.05, 0) is 12.8 Å². The van der Waals surface area contributed by atoms with Crippen molar-refractivity contribution in [1.82, 2.24) is 0 Å². The van der Waals surface area contributed by atoms with E-state index in [4.69, 9.17) is 23.7 Å². The average Bonchev–Trinajstić information content (AvgIpc) is 2.72. The summed E-state index contributed by atoms with van der Waals surface area (Å²) in [6.07, 6.45) is 2.37. The molecule has 1 aliphatic carbocycles. The molecule has 0 aromatic heterocycles. The maximum absolute atomic E-state index is 9.75. The first kappa shape index (κ1) is 21.4. The Balaban J connectivity index is 1.74. The molecule has 3 aliphatic rings. The highest BCUT2D eigenvalue weighted by Gasteiger charge is 2.61. The third-order valence-corrected chi connectivity index (χ3v) is 7.25. The van der Waals surface area contributed by atoms with Crippen molar-refractivity contribution in [2.75, 3.05) is 46.8 Å². The van der Waals surface area contributed by atoms with Gasteiger partial charge in [-0.25, -0.2) is 0 Å². The monoisotopic (exact) mass is 388 g/mol. The molecule has 2 spiro atoms. The molecule has 3 rings (SSSR count). The first-order valence-corrected chi connectivity index (χ1v) is 10.2. The molecule has 2 atom stereocenters. The molecule has 3 fully saturated rings.